The Bertz CT molecular complexity index is 533. The molecule has 96 valence electrons. The summed E-state index contributed by atoms with van der Waals surface area (Å²) in [7, 11) is 0. The van der Waals surface area contributed by atoms with Gasteiger partial charge in [0.1, 0.15) is 5.75 Å². The average Bonchev–Trinajstić information content (AvgIpc) is 2.88. The van der Waals surface area contributed by atoms with Crippen molar-refractivity contribution in [3.63, 3.8) is 0 Å². The van der Waals surface area contributed by atoms with Crippen molar-refractivity contribution in [2.45, 2.75) is 32.2 Å². The first-order valence-electron chi connectivity index (χ1n) is 6.01. The van der Waals surface area contributed by atoms with Crippen LogP contribution in [0.5, 0.6) is 5.75 Å². The predicted octanol–water partition coefficient (Wildman–Crippen LogP) is 2.42. The summed E-state index contributed by atoms with van der Waals surface area (Å²) in [4.78, 5) is 4.32. The molecular formula is C13H17N3O2. The van der Waals surface area contributed by atoms with E-state index >= 15 is 0 Å². The quantitative estimate of drug-likeness (QED) is 0.866. The molecule has 1 aromatic heterocycles. The van der Waals surface area contributed by atoms with Gasteiger partial charge in [0.05, 0.1) is 5.54 Å². The minimum atomic E-state index is -0.581. The van der Waals surface area contributed by atoms with Crippen molar-refractivity contribution in [3.05, 3.63) is 30.2 Å². The number of phenolic OH excluding ortho intramolecular Hbond substituents is 1. The Morgan fingerprint density at radius 2 is 2.06 bits per heavy atom. The van der Waals surface area contributed by atoms with Crippen molar-refractivity contribution in [1.29, 1.82) is 0 Å². The molecule has 0 aliphatic heterocycles. The van der Waals surface area contributed by atoms with E-state index in [4.69, 9.17) is 10.3 Å². The topological polar surface area (TPSA) is 85.2 Å². The SMILES string of the molecule is CCC(N)(CC)c1nc(-c2cccc(O)c2)no1. The molecule has 0 spiro atoms. The van der Waals surface area contributed by atoms with E-state index in [1.165, 1.54) is 0 Å². The molecule has 1 heterocycles. The molecule has 5 nitrogen and oxygen atoms in total. The molecule has 0 saturated carbocycles. The molecule has 18 heavy (non-hydrogen) atoms. The molecule has 1 aromatic carbocycles. The van der Waals surface area contributed by atoms with Gasteiger partial charge >= 0.3 is 0 Å². The van der Waals surface area contributed by atoms with Crippen molar-refractivity contribution < 1.29 is 9.63 Å². The van der Waals surface area contributed by atoms with Crippen molar-refractivity contribution >= 4 is 0 Å². The third-order valence-corrected chi connectivity index (χ3v) is 3.22. The van der Waals surface area contributed by atoms with Crippen LogP contribution in [0.4, 0.5) is 0 Å². The summed E-state index contributed by atoms with van der Waals surface area (Å²) < 4.78 is 5.24. The van der Waals surface area contributed by atoms with Gasteiger partial charge in [-0.05, 0) is 25.0 Å². The largest absolute Gasteiger partial charge is 0.508 e. The second-order valence-corrected chi connectivity index (χ2v) is 4.34. The molecule has 0 atom stereocenters. The maximum atomic E-state index is 9.42. The van der Waals surface area contributed by atoms with Gasteiger partial charge in [-0.15, -0.1) is 0 Å². The molecular weight excluding hydrogens is 230 g/mol. The van der Waals surface area contributed by atoms with E-state index in [1.54, 1.807) is 18.2 Å². The van der Waals surface area contributed by atoms with Gasteiger partial charge in [0.2, 0.25) is 11.7 Å². The van der Waals surface area contributed by atoms with Gasteiger partial charge < -0.3 is 15.4 Å². The smallest absolute Gasteiger partial charge is 0.247 e. The molecule has 2 rings (SSSR count). The lowest BCUT2D eigenvalue weighted by atomic mass is 9.94. The van der Waals surface area contributed by atoms with Crippen LogP contribution in [0.25, 0.3) is 11.4 Å². The Morgan fingerprint density at radius 3 is 2.67 bits per heavy atom. The fourth-order valence-electron chi connectivity index (χ4n) is 1.74. The number of hydrogen-bond donors (Lipinski definition) is 2. The Labute approximate surface area is 106 Å². The third kappa shape index (κ3) is 2.22. The number of nitrogens with two attached hydrogens (primary N) is 1. The van der Waals surface area contributed by atoms with Crippen LogP contribution in [0.1, 0.15) is 32.6 Å². The number of phenols is 1. The fraction of sp³-hybridized carbons (Fsp3) is 0.385. The average molecular weight is 247 g/mol. The highest BCUT2D eigenvalue weighted by Crippen LogP contribution is 2.27. The van der Waals surface area contributed by atoms with Crippen LogP contribution in [0.2, 0.25) is 0 Å². The molecule has 0 fully saturated rings. The highest BCUT2D eigenvalue weighted by atomic mass is 16.5. The highest BCUT2D eigenvalue weighted by Gasteiger charge is 2.30. The molecule has 0 saturated heterocycles. The Balaban J connectivity index is 2.36. The maximum absolute atomic E-state index is 9.42. The summed E-state index contributed by atoms with van der Waals surface area (Å²) >= 11 is 0. The summed E-state index contributed by atoms with van der Waals surface area (Å²) in [5.41, 5.74) is 6.32. The van der Waals surface area contributed by atoms with E-state index in [-0.39, 0.29) is 5.75 Å². The summed E-state index contributed by atoms with van der Waals surface area (Å²) in [6.45, 7) is 3.98. The molecule has 0 bridgehead atoms. The van der Waals surface area contributed by atoms with E-state index in [9.17, 15) is 5.11 Å². The second-order valence-electron chi connectivity index (χ2n) is 4.34. The lowest BCUT2D eigenvalue weighted by molar-refractivity contribution is 0.268. The highest BCUT2D eigenvalue weighted by molar-refractivity contribution is 5.56. The van der Waals surface area contributed by atoms with E-state index in [2.05, 4.69) is 10.1 Å². The van der Waals surface area contributed by atoms with Crippen LogP contribution in [0.15, 0.2) is 28.8 Å². The lowest BCUT2D eigenvalue weighted by Crippen LogP contribution is -2.35. The summed E-state index contributed by atoms with van der Waals surface area (Å²) in [5, 5.41) is 13.3. The third-order valence-electron chi connectivity index (χ3n) is 3.22. The van der Waals surface area contributed by atoms with Crippen LogP contribution in [-0.4, -0.2) is 15.2 Å². The molecule has 5 heteroatoms. The predicted molar refractivity (Wildman–Crippen MR) is 67.8 cm³/mol. The number of aromatic hydroxyl groups is 1. The summed E-state index contributed by atoms with van der Waals surface area (Å²) in [5.74, 6) is 1.05. The number of aromatic nitrogens is 2. The summed E-state index contributed by atoms with van der Waals surface area (Å²) in [6, 6.07) is 6.72. The molecule has 0 unspecified atom stereocenters. The van der Waals surface area contributed by atoms with Gasteiger partial charge in [-0.25, -0.2) is 0 Å². The van der Waals surface area contributed by atoms with Crippen LogP contribution in [0, 0.1) is 0 Å². The van der Waals surface area contributed by atoms with Gasteiger partial charge in [0.25, 0.3) is 0 Å². The fourth-order valence-corrected chi connectivity index (χ4v) is 1.74. The van der Waals surface area contributed by atoms with Gasteiger partial charge in [0.15, 0.2) is 0 Å². The monoisotopic (exact) mass is 247 g/mol. The first kappa shape index (κ1) is 12.6. The van der Waals surface area contributed by atoms with E-state index < -0.39 is 5.54 Å². The molecule has 0 aliphatic carbocycles. The molecule has 2 aromatic rings. The summed E-state index contributed by atoms with van der Waals surface area (Å²) in [6.07, 6.45) is 1.45. The first-order chi connectivity index (χ1) is 8.59. The Kier molecular flexibility index (Phi) is 3.34. The van der Waals surface area contributed by atoms with Crippen molar-refractivity contribution in [2.75, 3.05) is 0 Å². The van der Waals surface area contributed by atoms with Gasteiger partial charge in [-0.2, -0.15) is 4.98 Å². The van der Waals surface area contributed by atoms with Gasteiger partial charge in [-0.1, -0.05) is 31.1 Å². The zero-order chi connectivity index (χ0) is 13.2. The van der Waals surface area contributed by atoms with Crippen LogP contribution < -0.4 is 5.73 Å². The van der Waals surface area contributed by atoms with E-state index in [1.807, 2.05) is 19.9 Å². The van der Waals surface area contributed by atoms with Crippen molar-refractivity contribution in [1.82, 2.24) is 10.1 Å². The van der Waals surface area contributed by atoms with Crippen LogP contribution in [-0.2, 0) is 5.54 Å². The number of benzene rings is 1. The van der Waals surface area contributed by atoms with Gasteiger partial charge in [-0.3, -0.25) is 0 Å². The lowest BCUT2D eigenvalue weighted by Gasteiger charge is -2.20. The van der Waals surface area contributed by atoms with Crippen LogP contribution in [0.3, 0.4) is 0 Å². The minimum Gasteiger partial charge on any atom is -0.508 e. The molecule has 0 amide bonds. The molecule has 0 aliphatic rings. The zero-order valence-corrected chi connectivity index (χ0v) is 10.6. The Morgan fingerprint density at radius 1 is 1.33 bits per heavy atom. The van der Waals surface area contributed by atoms with Gasteiger partial charge in [0, 0.05) is 5.56 Å². The zero-order valence-electron chi connectivity index (χ0n) is 10.6. The second kappa shape index (κ2) is 4.78. The van der Waals surface area contributed by atoms with Crippen LogP contribution >= 0.6 is 0 Å². The first-order valence-corrected chi connectivity index (χ1v) is 6.01. The van der Waals surface area contributed by atoms with E-state index in [0.29, 0.717) is 17.3 Å². The Hall–Kier alpha value is -1.88. The van der Waals surface area contributed by atoms with Crippen molar-refractivity contribution in [2.24, 2.45) is 5.73 Å². The minimum absolute atomic E-state index is 0.170. The molecule has 3 N–H and O–H groups in total. The molecule has 0 radical (unpaired) electrons. The normalized spacial score (nSPS) is 11.7. The van der Waals surface area contributed by atoms with Crippen molar-refractivity contribution in [3.8, 4) is 17.1 Å². The maximum Gasteiger partial charge on any atom is 0.247 e. The van der Waals surface area contributed by atoms with E-state index in [0.717, 1.165) is 12.8 Å². The number of rotatable bonds is 4. The number of hydrogen-bond acceptors (Lipinski definition) is 5. The standard InChI is InChI=1S/C13H17N3O2/c1-3-13(14,4-2)12-15-11(16-18-12)9-6-5-7-10(17)8-9/h5-8,17H,3-4,14H2,1-2H3. The number of nitrogens with zero attached hydrogens (tertiary/aromatic N) is 2.